The van der Waals surface area contributed by atoms with Crippen LogP contribution < -0.4 is 14.8 Å². The molecule has 0 aliphatic heterocycles. The topological polar surface area (TPSA) is 47.6 Å². The van der Waals surface area contributed by atoms with Crippen molar-refractivity contribution in [3.8, 4) is 11.5 Å². The summed E-state index contributed by atoms with van der Waals surface area (Å²) in [4.78, 5) is 13.2. The minimum Gasteiger partial charge on any atom is -0.493 e. The van der Waals surface area contributed by atoms with E-state index in [0.29, 0.717) is 23.0 Å². The highest BCUT2D eigenvalue weighted by molar-refractivity contribution is 7.12. The average Bonchev–Trinajstić information content (AvgIpc) is 3.13. The lowest BCUT2D eigenvalue weighted by Gasteiger charge is -2.09. The third kappa shape index (κ3) is 4.06. The zero-order valence-electron chi connectivity index (χ0n) is 15.0. The largest absolute Gasteiger partial charge is 0.493 e. The van der Waals surface area contributed by atoms with Crippen molar-refractivity contribution in [1.29, 1.82) is 0 Å². The van der Waals surface area contributed by atoms with Crippen molar-refractivity contribution in [1.82, 2.24) is 0 Å². The minimum absolute atomic E-state index is 0.104. The van der Waals surface area contributed by atoms with Crippen molar-refractivity contribution in [2.75, 3.05) is 12.4 Å². The molecule has 0 saturated heterocycles. The van der Waals surface area contributed by atoms with E-state index in [1.165, 1.54) is 11.3 Å². The number of aryl methyl sites for hydroxylation is 1. The van der Waals surface area contributed by atoms with Crippen LogP contribution in [0.15, 0.2) is 53.9 Å². The number of amides is 1. The molecule has 2 aromatic carbocycles. The van der Waals surface area contributed by atoms with Gasteiger partial charge in [-0.1, -0.05) is 24.3 Å². The van der Waals surface area contributed by atoms with Gasteiger partial charge in [-0.3, -0.25) is 4.79 Å². The summed E-state index contributed by atoms with van der Waals surface area (Å²) in [6.07, 6.45) is 0. The van der Waals surface area contributed by atoms with Crippen LogP contribution in [0.2, 0.25) is 0 Å². The van der Waals surface area contributed by atoms with Crippen molar-refractivity contribution < 1.29 is 14.3 Å². The fourth-order valence-electron chi connectivity index (χ4n) is 2.54. The van der Waals surface area contributed by atoms with Gasteiger partial charge in [-0.2, -0.15) is 0 Å². The number of para-hydroxylation sites is 2. The Morgan fingerprint density at radius 2 is 1.85 bits per heavy atom. The predicted octanol–water partition coefficient (Wildman–Crippen LogP) is 5.20. The lowest BCUT2D eigenvalue weighted by atomic mass is 10.1. The second-order valence-electron chi connectivity index (χ2n) is 5.96. The first kappa shape index (κ1) is 18.0. The average molecular weight is 367 g/mol. The van der Waals surface area contributed by atoms with Gasteiger partial charge in [-0.05, 0) is 54.6 Å². The van der Waals surface area contributed by atoms with Crippen LogP contribution in [0.25, 0.3) is 0 Å². The van der Waals surface area contributed by atoms with E-state index in [4.69, 9.17) is 9.47 Å². The molecule has 0 bridgehead atoms. The van der Waals surface area contributed by atoms with E-state index in [2.05, 4.69) is 5.32 Å². The molecule has 0 aliphatic rings. The first-order valence-corrected chi connectivity index (χ1v) is 9.17. The molecule has 1 heterocycles. The Balaban J connectivity index is 1.65. The number of ether oxygens (including phenoxy) is 2. The summed E-state index contributed by atoms with van der Waals surface area (Å²) in [6.45, 7) is 4.42. The van der Waals surface area contributed by atoms with E-state index in [0.717, 1.165) is 22.4 Å². The zero-order valence-corrected chi connectivity index (χ0v) is 15.9. The van der Waals surface area contributed by atoms with E-state index in [1.807, 2.05) is 67.8 Å². The summed E-state index contributed by atoms with van der Waals surface area (Å²) >= 11 is 1.41. The van der Waals surface area contributed by atoms with Crippen LogP contribution in [0, 0.1) is 13.8 Å². The Morgan fingerprint density at radius 1 is 1.08 bits per heavy atom. The number of benzene rings is 2. The Kier molecular flexibility index (Phi) is 5.58. The van der Waals surface area contributed by atoms with Crippen LogP contribution in [0.4, 0.5) is 5.69 Å². The summed E-state index contributed by atoms with van der Waals surface area (Å²) in [5, 5.41) is 4.92. The van der Waals surface area contributed by atoms with Gasteiger partial charge in [0.15, 0.2) is 11.5 Å². The van der Waals surface area contributed by atoms with E-state index < -0.39 is 0 Å². The first-order valence-electron chi connectivity index (χ1n) is 8.29. The van der Waals surface area contributed by atoms with Gasteiger partial charge in [0.1, 0.15) is 6.61 Å². The summed E-state index contributed by atoms with van der Waals surface area (Å²) in [5.41, 5.74) is 4.03. The number of methoxy groups -OCH3 is 1. The quantitative estimate of drug-likeness (QED) is 0.651. The highest BCUT2D eigenvalue weighted by Crippen LogP contribution is 2.27. The van der Waals surface area contributed by atoms with E-state index in [1.54, 1.807) is 7.11 Å². The van der Waals surface area contributed by atoms with Gasteiger partial charge in [0.25, 0.3) is 5.91 Å². The third-order valence-corrected chi connectivity index (χ3v) is 5.17. The molecule has 1 aromatic heterocycles. The first-order chi connectivity index (χ1) is 12.6. The van der Waals surface area contributed by atoms with Crippen LogP contribution in [0.5, 0.6) is 11.5 Å². The molecule has 3 rings (SSSR count). The number of carbonyl (C=O) groups is 1. The van der Waals surface area contributed by atoms with Crippen molar-refractivity contribution in [3.63, 3.8) is 0 Å². The lowest BCUT2D eigenvalue weighted by Crippen LogP contribution is -2.11. The number of hydrogen-bond donors (Lipinski definition) is 1. The molecule has 1 amide bonds. The van der Waals surface area contributed by atoms with Crippen LogP contribution in [-0.2, 0) is 6.61 Å². The molecular weight excluding hydrogens is 346 g/mol. The molecule has 0 fully saturated rings. The number of carbonyl (C=O) groups excluding carboxylic acids is 1. The molecule has 0 radical (unpaired) electrons. The van der Waals surface area contributed by atoms with E-state index in [9.17, 15) is 4.79 Å². The second kappa shape index (κ2) is 8.06. The van der Waals surface area contributed by atoms with Gasteiger partial charge in [-0.25, -0.2) is 0 Å². The van der Waals surface area contributed by atoms with Gasteiger partial charge >= 0.3 is 0 Å². The molecule has 4 nitrogen and oxygen atoms in total. The number of rotatable bonds is 6. The van der Waals surface area contributed by atoms with Crippen LogP contribution in [-0.4, -0.2) is 13.0 Å². The number of hydrogen-bond acceptors (Lipinski definition) is 4. The summed E-state index contributed by atoms with van der Waals surface area (Å²) in [5.74, 6) is 1.27. The molecule has 1 N–H and O–H groups in total. The highest BCUT2D eigenvalue weighted by atomic mass is 32.1. The predicted molar refractivity (Wildman–Crippen MR) is 106 cm³/mol. The normalized spacial score (nSPS) is 10.4. The van der Waals surface area contributed by atoms with Gasteiger partial charge in [-0.15, -0.1) is 11.3 Å². The molecule has 26 heavy (non-hydrogen) atoms. The molecule has 3 aromatic rings. The van der Waals surface area contributed by atoms with Crippen molar-refractivity contribution in [3.05, 3.63) is 75.5 Å². The van der Waals surface area contributed by atoms with Crippen LogP contribution in [0.1, 0.15) is 26.4 Å². The Labute approximate surface area is 157 Å². The maximum absolute atomic E-state index is 12.5. The highest BCUT2D eigenvalue weighted by Gasteiger charge is 2.12. The minimum atomic E-state index is -0.104. The Hall–Kier alpha value is -2.79. The fraction of sp³-hybridized carbons (Fsp3) is 0.190. The number of nitrogens with one attached hydrogen (secondary N) is 1. The summed E-state index contributed by atoms with van der Waals surface area (Å²) < 4.78 is 11.1. The van der Waals surface area contributed by atoms with E-state index in [-0.39, 0.29) is 5.91 Å². The molecule has 0 aliphatic carbocycles. The standard InChI is InChI=1S/C21H21NO3S/c1-14-7-6-8-17(15(14)2)22-21(23)20-11-16(13-26-20)12-25-19-10-5-4-9-18(19)24-3/h4-11,13H,12H2,1-3H3,(H,22,23). The lowest BCUT2D eigenvalue weighted by molar-refractivity contribution is 0.103. The van der Waals surface area contributed by atoms with Crippen molar-refractivity contribution >= 4 is 22.9 Å². The van der Waals surface area contributed by atoms with Crippen molar-refractivity contribution in [2.45, 2.75) is 20.5 Å². The smallest absolute Gasteiger partial charge is 0.265 e. The van der Waals surface area contributed by atoms with Crippen LogP contribution >= 0.6 is 11.3 Å². The monoisotopic (exact) mass is 367 g/mol. The number of thiophene rings is 1. The second-order valence-corrected chi connectivity index (χ2v) is 6.87. The molecule has 0 atom stereocenters. The molecular formula is C21H21NO3S. The van der Waals surface area contributed by atoms with E-state index >= 15 is 0 Å². The maximum atomic E-state index is 12.5. The molecule has 0 unspecified atom stereocenters. The van der Waals surface area contributed by atoms with Crippen molar-refractivity contribution in [2.24, 2.45) is 0 Å². The number of anilines is 1. The third-order valence-electron chi connectivity index (χ3n) is 4.19. The zero-order chi connectivity index (χ0) is 18.5. The Bertz CT molecular complexity index is 917. The SMILES string of the molecule is COc1ccccc1OCc1csc(C(=O)Nc2cccc(C)c2C)c1. The van der Waals surface area contributed by atoms with Gasteiger partial charge < -0.3 is 14.8 Å². The summed E-state index contributed by atoms with van der Waals surface area (Å²) in [7, 11) is 1.61. The van der Waals surface area contributed by atoms with Crippen LogP contribution in [0.3, 0.4) is 0 Å². The molecule has 0 spiro atoms. The maximum Gasteiger partial charge on any atom is 0.265 e. The molecule has 134 valence electrons. The van der Waals surface area contributed by atoms with Gasteiger partial charge in [0.2, 0.25) is 0 Å². The van der Waals surface area contributed by atoms with Gasteiger partial charge in [0.05, 0.1) is 12.0 Å². The summed E-state index contributed by atoms with van der Waals surface area (Å²) in [6, 6.07) is 15.3. The fourth-order valence-corrected chi connectivity index (χ4v) is 3.33. The molecule has 0 saturated carbocycles. The Morgan fingerprint density at radius 3 is 2.62 bits per heavy atom. The van der Waals surface area contributed by atoms with Gasteiger partial charge in [0, 0.05) is 11.3 Å². The molecule has 5 heteroatoms.